The second-order valence-corrected chi connectivity index (χ2v) is 4.67. The van der Waals surface area contributed by atoms with Gasteiger partial charge in [0.1, 0.15) is 11.5 Å². The zero-order valence-electron chi connectivity index (χ0n) is 11.7. The number of nitrogens with one attached hydrogen (secondary N) is 1. The molecule has 1 aromatic carbocycles. The van der Waals surface area contributed by atoms with Gasteiger partial charge in [0.05, 0.1) is 19.9 Å². The van der Waals surface area contributed by atoms with Gasteiger partial charge in [0, 0.05) is 12.5 Å². The summed E-state index contributed by atoms with van der Waals surface area (Å²) in [6.45, 7) is 5.94. The first kappa shape index (κ1) is 14.4. The van der Waals surface area contributed by atoms with Crippen molar-refractivity contribution >= 4 is 11.6 Å². The van der Waals surface area contributed by atoms with Crippen molar-refractivity contribution in [3.8, 4) is 11.5 Å². The first-order chi connectivity index (χ1) is 8.47. The second kappa shape index (κ2) is 6.28. The fraction of sp³-hybridized carbons (Fsp3) is 0.500. The Hall–Kier alpha value is -1.71. The molecule has 4 nitrogen and oxygen atoms in total. The smallest absolute Gasteiger partial charge is 0.224 e. The van der Waals surface area contributed by atoms with Crippen LogP contribution < -0.4 is 14.8 Å². The topological polar surface area (TPSA) is 47.6 Å². The van der Waals surface area contributed by atoms with Crippen LogP contribution in [-0.4, -0.2) is 20.1 Å². The van der Waals surface area contributed by atoms with Crippen LogP contribution in [0.1, 0.15) is 25.8 Å². The van der Waals surface area contributed by atoms with Crippen molar-refractivity contribution in [3.05, 3.63) is 17.7 Å². The molecule has 0 bridgehead atoms. The molecule has 0 spiro atoms. The highest BCUT2D eigenvalue weighted by atomic mass is 16.5. The van der Waals surface area contributed by atoms with Gasteiger partial charge in [-0.2, -0.15) is 0 Å². The minimum Gasteiger partial charge on any atom is -0.496 e. The maximum absolute atomic E-state index is 11.8. The Morgan fingerprint density at radius 2 is 1.83 bits per heavy atom. The van der Waals surface area contributed by atoms with Gasteiger partial charge in [0.25, 0.3) is 0 Å². The molecule has 0 aromatic heterocycles. The van der Waals surface area contributed by atoms with Crippen molar-refractivity contribution in [2.45, 2.75) is 27.2 Å². The highest BCUT2D eigenvalue weighted by Crippen LogP contribution is 2.32. The molecule has 0 saturated heterocycles. The lowest BCUT2D eigenvalue weighted by molar-refractivity contribution is -0.116. The van der Waals surface area contributed by atoms with Crippen molar-refractivity contribution in [2.75, 3.05) is 19.5 Å². The van der Waals surface area contributed by atoms with Gasteiger partial charge >= 0.3 is 0 Å². The number of ether oxygens (including phenoxy) is 2. The molecule has 18 heavy (non-hydrogen) atoms. The number of aryl methyl sites for hydroxylation is 1. The second-order valence-electron chi connectivity index (χ2n) is 4.67. The number of hydrogen-bond acceptors (Lipinski definition) is 3. The zero-order chi connectivity index (χ0) is 13.7. The van der Waals surface area contributed by atoms with Crippen LogP contribution in [0.4, 0.5) is 5.69 Å². The van der Waals surface area contributed by atoms with Crippen LogP contribution >= 0.6 is 0 Å². The van der Waals surface area contributed by atoms with Gasteiger partial charge < -0.3 is 14.8 Å². The van der Waals surface area contributed by atoms with E-state index >= 15 is 0 Å². The Bertz CT molecular complexity index is 427. The largest absolute Gasteiger partial charge is 0.496 e. The molecule has 1 rings (SSSR count). The third-order valence-corrected chi connectivity index (χ3v) is 2.58. The maximum atomic E-state index is 11.8. The summed E-state index contributed by atoms with van der Waals surface area (Å²) < 4.78 is 10.5. The monoisotopic (exact) mass is 251 g/mol. The third-order valence-electron chi connectivity index (χ3n) is 2.58. The standard InChI is InChI=1S/C14H21NO3/c1-9(2)6-14(16)15-11-8-12(17-4)10(3)7-13(11)18-5/h7-9H,6H2,1-5H3,(H,15,16). The lowest BCUT2D eigenvalue weighted by atomic mass is 10.1. The van der Waals surface area contributed by atoms with Crippen molar-refractivity contribution in [3.63, 3.8) is 0 Å². The van der Waals surface area contributed by atoms with Crippen molar-refractivity contribution in [2.24, 2.45) is 5.92 Å². The Morgan fingerprint density at radius 3 is 2.33 bits per heavy atom. The van der Waals surface area contributed by atoms with E-state index in [1.54, 1.807) is 20.3 Å². The number of carbonyl (C=O) groups excluding carboxylic acids is 1. The zero-order valence-corrected chi connectivity index (χ0v) is 11.7. The first-order valence-electron chi connectivity index (χ1n) is 6.00. The molecular formula is C14H21NO3. The van der Waals surface area contributed by atoms with E-state index < -0.39 is 0 Å². The molecule has 0 aliphatic carbocycles. The van der Waals surface area contributed by atoms with Gasteiger partial charge in [0.15, 0.2) is 0 Å². The number of anilines is 1. The van der Waals surface area contributed by atoms with Crippen molar-refractivity contribution < 1.29 is 14.3 Å². The van der Waals surface area contributed by atoms with E-state index in [9.17, 15) is 4.79 Å². The summed E-state index contributed by atoms with van der Waals surface area (Å²) in [4.78, 5) is 11.8. The van der Waals surface area contributed by atoms with Crippen molar-refractivity contribution in [1.29, 1.82) is 0 Å². The Kier molecular flexibility index (Phi) is 5.01. The minimum absolute atomic E-state index is 0.0193. The fourth-order valence-corrected chi connectivity index (χ4v) is 1.72. The number of hydrogen-bond donors (Lipinski definition) is 1. The maximum Gasteiger partial charge on any atom is 0.224 e. The van der Waals surface area contributed by atoms with Gasteiger partial charge in [-0.25, -0.2) is 0 Å². The fourth-order valence-electron chi connectivity index (χ4n) is 1.72. The third kappa shape index (κ3) is 3.65. The molecule has 4 heteroatoms. The van der Waals surface area contributed by atoms with E-state index in [4.69, 9.17) is 9.47 Å². The SMILES string of the molecule is COc1cc(NC(=O)CC(C)C)c(OC)cc1C. The van der Waals surface area contributed by atoms with Crippen LogP contribution in [0.15, 0.2) is 12.1 Å². The molecule has 0 aliphatic heterocycles. The predicted molar refractivity (Wildman–Crippen MR) is 72.4 cm³/mol. The Labute approximate surface area is 108 Å². The molecule has 1 aromatic rings. The minimum atomic E-state index is -0.0193. The molecular weight excluding hydrogens is 230 g/mol. The summed E-state index contributed by atoms with van der Waals surface area (Å²) in [6.07, 6.45) is 0.485. The number of benzene rings is 1. The van der Waals surface area contributed by atoms with Crippen LogP contribution in [0.2, 0.25) is 0 Å². The van der Waals surface area contributed by atoms with Gasteiger partial charge in [-0.3, -0.25) is 4.79 Å². The molecule has 100 valence electrons. The lowest BCUT2D eigenvalue weighted by Crippen LogP contribution is -2.14. The van der Waals surface area contributed by atoms with Crippen LogP contribution in [0, 0.1) is 12.8 Å². The van der Waals surface area contributed by atoms with Gasteiger partial charge in [-0.1, -0.05) is 13.8 Å². The molecule has 0 heterocycles. The number of methoxy groups -OCH3 is 2. The molecule has 0 saturated carbocycles. The van der Waals surface area contributed by atoms with Gasteiger partial charge in [-0.05, 0) is 24.5 Å². The molecule has 1 amide bonds. The summed E-state index contributed by atoms with van der Waals surface area (Å²) in [6, 6.07) is 3.64. The quantitative estimate of drug-likeness (QED) is 0.875. The molecule has 1 N–H and O–H groups in total. The van der Waals surface area contributed by atoms with Crippen LogP contribution in [0.3, 0.4) is 0 Å². The lowest BCUT2D eigenvalue weighted by Gasteiger charge is -2.14. The van der Waals surface area contributed by atoms with E-state index in [0.29, 0.717) is 23.8 Å². The summed E-state index contributed by atoms with van der Waals surface area (Å²) in [7, 11) is 3.19. The van der Waals surface area contributed by atoms with Crippen molar-refractivity contribution in [1.82, 2.24) is 0 Å². The highest BCUT2D eigenvalue weighted by Gasteiger charge is 2.12. The average molecular weight is 251 g/mol. The van der Waals surface area contributed by atoms with E-state index in [0.717, 1.165) is 11.3 Å². The van der Waals surface area contributed by atoms with Gasteiger partial charge in [0.2, 0.25) is 5.91 Å². The summed E-state index contributed by atoms with van der Waals surface area (Å²) in [5.41, 5.74) is 1.61. The average Bonchev–Trinajstić information content (AvgIpc) is 2.29. The van der Waals surface area contributed by atoms with E-state index in [-0.39, 0.29) is 5.91 Å². The van der Waals surface area contributed by atoms with E-state index in [1.807, 2.05) is 26.8 Å². The molecule has 0 unspecified atom stereocenters. The molecule has 0 atom stereocenters. The summed E-state index contributed by atoms with van der Waals surface area (Å²) in [5.74, 6) is 1.68. The normalized spacial score (nSPS) is 10.3. The molecule has 0 fully saturated rings. The van der Waals surface area contributed by atoms with Crippen LogP contribution in [-0.2, 0) is 4.79 Å². The molecule has 0 radical (unpaired) electrons. The predicted octanol–water partition coefficient (Wildman–Crippen LogP) is 3.00. The Morgan fingerprint density at radius 1 is 1.22 bits per heavy atom. The Balaban J connectivity index is 2.96. The summed E-state index contributed by atoms with van der Waals surface area (Å²) >= 11 is 0. The number of amides is 1. The number of carbonyl (C=O) groups is 1. The van der Waals surface area contributed by atoms with Crippen LogP contribution in [0.5, 0.6) is 11.5 Å². The van der Waals surface area contributed by atoms with E-state index in [2.05, 4.69) is 5.32 Å². The van der Waals surface area contributed by atoms with E-state index in [1.165, 1.54) is 0 Å². The summed E-state index contributed by atoms with van der Waals surface area (Å²) in [5, 5.41) is 2.85. The first-order valence-corrected chi connectivity index (χ1v) is 6.00. The molecule has 0 aliphatic rings. The highest BCUT2D eigenvalue weighted by molar-refractivity contribution is 5.92. The number of rotatable bonds is 5. The van der Waals surface area contributed by atoms with Crippen LogP contribution in [0.25, 0.3) is 0 Å². The van der Waals surface area contributed by atoms with Gasteiger partial charge in [-0.15, -0.1) is 0 Å².